The zero-order chi connectivity index (χ0) is 18.6. The highest BCUT2D eigenvalue weighted by Gasteiger charge is 2.16. The van der Waals surface area contributed by atoms with Crippen molar-refractivity contribution in [2.75, 3.05) is 19.0 Å². The number of ether oxygens (including phenoxy) is 1. The lowest BCUT2D eigenvalue weighted by molar-refractivity contribution is 0.102. The number of carbonyl (C=O) groups is 1. The molecule has 6 nitrogen and oxygen atoms in total. The molecule has 0 saturated carbocycles. The molecule has 2 aromatic heterocycles. The van der Waals surface area contributed by atoms with E-state index in [2.05, 4.69) is 10.4 Å². The summed E-state index contributed by atoms with van der Waals surface area (Å²) in [6, 6.07) is 17.4. The minimum Gasteiger partial charge on any atom is -0.383 e. The fourth-order valence-electron chi connectivity index (χ4n) is 3.18. The highest BCUT2D eigenvalue weighted by atomic mass is 16.5. The van der Waals surface area contributed by atoms with E-state index in [1.54, 1.807) is 18.0 Å². The van der Waals surface area contributed by atoms with Crippen LogP contribution in [0.2, 0.25) is 0 Å². The monoisotopic (exact) mass is 360 g/mol. The van der Waals surface area contributed by atoms with Gasteiger partial charge in [0.25, 0.3) is 5.91 Å². The molecular weight excluding hydrogens is 340 g/mol. The molecule has 136 valence electrons. The van der Waals surface area contributed by atoms with Crippen LogP contribution in [-0.2, 0) is 11.3 Å². The third-order valence-corrected chi connectivity index (χ3v) is 4.47. The summed E-state index contributed by atoms with van der Waals surface area (Å²) in [7, 11) is 1.67. The average Bonchev–Trinajstić information content (AvgIpc) is 3.35. The number of benzene rings is 2. The molecule has 0 aliphatic rings. The number of rotatable bonds is 6. The van der Waals surface area contributed by atoms with Crippen LogP contribution >= 0.6 is 0 Å². The summed E-state index contributed by atoms with van der Waals surface area (Å²) in [5, 5.41) is 8.21. The lowest BCUT2D eigenvalue weighted by Crippen LogP contribution is -2.14. The van der Waals surface area contributed by atoms with Crippen LogP contribution in [-0.4, -0.2) is 34.0 Å². The number of fused-ring (bicyclic) bond motifs is 1. The molecule has 0 spiro atoms. The second-order valence-corrected chi connectivity index (χ2v) is 6.17. The Hall–Kier alpha value is -3.38. The second-order valence-electron chi connectivity index (χ2n) is 6.17. The molecule has 0 aliphatic heterocycles. The highest BCUT2D eigenvalue weighted by Crippen LogP contribution is 2.24. The second kappa shape index (κ2) is 7.47. The predicted octanol–water partition coefficient (Wildman–Crippen LogP) is 3.73. The smallest absolute Gasteiger partial charge is 0.257 e. The van der Waals surface area contributed by atoms with Crippen LogP contribution in [0, 0.1) is 0 Å². The molecule has 1 N–H and O–H groups in total. The first-order valence-electron chi connectivity index (χ1n) is 8.75. The van der Waals surface area contributed by atoms with Crippen LogP contribution in [0.4, 0.5) is 5.69 Å². The van der Waals surface area contributed by atoms with Gasteiger partial charge in [-0.15, -0.1) is 0 Å². The lowest BCUT2D eigenvalue weighted by Gasteiger charge is -2.10. The molecule has 0 aliphatic carbocycles. The topological polar surface area (TPSA) is 61.1 Å². The summed E-state index contributed by atoms with van der Waals surface area (Å²) < 4.78 is 8.97. The quantitative estimate of drug-likeness (QED) is 0.570. The number of nitrogens with zero attached hydrogens (tertiary/aromatic N) is 3. The van der Waals surface area contributed by atoms with E-state index in [1.807, 2.05) is 71.6 Å². The Morgan fingerprint density at radius 2 is 1.93 bits per heavy atom. The Balaban J connectivity index is 1.69. The van der Waals surface area contributed by atoms with Crippen molar-refractivity contribution >= 4 is 22.5 Å². The van der Waals surface area contributed by atoms with Crippen LogP contribution < -0.4 is 5.32 Å². The Morgan fingerprint density at radius 1 is 1.11 bits per heavy atom. The molecule has 1 amide bonds. The number of amides is 1. The van der Waals surface area contributed by atoms with Gasteiger partial charge < -0.3 is 14.6 Å². The molecule has 0 atom stereocenters. The van der Waals surface area contributed by atoms with Crippen molar-refractivity contribution < 1.29 is 9.53 Å². The lowest BCUT2D eigenvalue weighted by atomic mass is 10.1. The van der Waals surface area contributed by atoms with Gasteiger partial charge in [0.05, 0.1) is 23.5 Å². The van der Waals surface area contributed by atoms with Crippen molar-refractivity contribution in [3.8, 4) is 5.69 Å². The first-order chi connectivity index (χ1) is 13.3. The van der Waals surface area contributed by atoms with E-state index in [1.165, 1.54) is 0 Å². The molecule has 2 heterocycles. The molecule has 0 bridgehead atoms. The van der Waals surface area contributed by atoms with Crippen molar-refractivity contribution in [1.29, 1.82) is 0 Å². The number of hydrogen-bond donors (Lipinski definition) is 1. The van der Waals surface area contributed by atoms with E-state index >= 15 is 0 Å². The summed E-state index contributed by atoms with van der Waals surface area (Å²) in [6.07, 6.45) is 5.44. The minimum atomic E-state index is -0.151. The van der Waals surface area contributed by atoms with E-state index < -0.39 is 0 Å². The Morgan fingerprint density at radius 3 is 2.74 bits per heavy atom. The van der Waals surface area contributed by atoms with Gasteiger partial charge in [-0.25, -0.2) is 4.68 Å². The number of carbonyl (C=O) groups excluding carboxylic acids is 1. The van der Waals surface area contributed by atoms with Crippen molar-refractivity contribution in [3.63, 3.8) is 0 Å². The molecule has 0 radical (unpaired) electrons. The maximum absolute atomic E-state index is 13.1. The SMILES string of the molecule is COCCn1cc(C(=O)Nc2ccccc2-n2cccn2)c2ccccc21. The van der Waals surface area contributed by atoms with E-state index in [9.17, 15) is 4.79 Å². The van der Waals surface area contributed by atoms with Gasteiger partial charge in [-0.1, -0.05) is 30.3 Å². The number of aromatic nitrogens is 3. The molecule has 0 unspecified atom stereocenters. The van der Waals surface area contributed by atoms with Crippen LogP contribution in [0.5, 0.6) is 0 Å². The number of para-hydroxylation sites is 3. The zero-order valence-corrected chi connectivity index (χ0v) is 15.0. The van der Waals surface area contributed by atoms with Crippen molar-refractivity contribution in [3.05, 3.63) is 78.8 Å². The molecular formula is C21H20N4O2. The molecule has 0 fully saturated rings. The molecule has 0 saturated heterocycles. The van der Waals surface area contributed by atoms with E-state index in [4.69, 9.17) is 4.74 Å². The minimum absolute atomic E-state index is 0.151. The summed E-state index contributed by atoms with van der Waals surface area (Å²) >= 11 is 0. The predicted molar refractivity (Wildman–Crippen MR) is 105 cm³/mol. The zero-order valence-electron chi connectivity index (χ0n) is 15.0. The molecule has 4 aromatic rings. The van der Waals surface area contributed by atoms with Gasteiger partial charge in [-0.05, 0) is 24.3 Å². The first-order valence-corrected chi connectivity index (χ1v) is 8.75. The summed E-state index contributed by atoms with van der Waals surface area (Å²) in [5.74, 6) is -0.151. The van der Waals surface area contributed by atoms with Crippen molar-refractivity contribution in [2.45, 2.75) is 6.54 Å². The highest BCUT2D eigenvalue weighted by molar-refractivity contribution is 6.13. The van der Waals surface area contributed by atoms with Crippen molar-refractivity contribution in [2.24, 2.45) is 0 Å². The number of nitrogens with one attached hydrogen (secondary N) is 1. The fourth-order valence-corrected chi connectivity index (χ4v) is 3.18. The molecule has 4 rings (SSSR count). The third kappa shape index (κ3) is 3.35. The maximum Gasteiger partial charge on any atom is 0.257 e. The largest absolute Gasteiger partial charge is 0.383 e. The summed E-state index contributed by atoms with van der Waals surface area (Å²) in [6.45, 7) is 1.27. The van der Waals surface area contributed by atoms with Crippen LogP contribution in [0.15, 0.2) is 73.2 Å². The van der Waals surface area contributed by atoms with Crippen LogP contribution in [0.25, 0.3) is 16.6 Å². The summed E-state index contributed by atoms with van der Waals surface area (Å²) in [4.78, 5) is 13.1. The maximum atomic E-state index is 13.1. The number of methoxy groups -OCH3 is 1. The van der Waals surface area contributed by atoms with E-state index in [0.717, 1.165) is 16.6 Å². The Kier molecular flexibility index (Phi) is 4.72. The van der Waals surface area contributed by atoms with Gasteiger partial charge in [-0.2, -0.15) is 5.10 Å². The van der Waals surface area contributed by atoms with Gasteiger partial charge in [-0.3, -0.25) is 4.79 Å². The Labute approximate surface area is 157 Å². The standard InChI is InChI=1S/C21H20N4O2/c1-27-14-13-24-15-17(16-7-2-4-9-19(16)24)21(26)23-18-8-3-5-10-20(18)25-12-6-11-22-25/h2-12,15H,13-14H2,1H3,(H,23,26). The number of anilines is 1. The van der Waals surface area contributed by atoms with E-state index in [0.29, 0.717) is 24.4 Å². The number of hydrogen-bond acceptors (Lipinski definition) is 3. The van der Waals surface area contributed by atoms with Gasteiger partial charge in [0.15, 0.2) is 0 Å². The molecule has 27 heavy (non-hydrogen) atoms. The Bertz CT molecular complexity index is 1070. The normalized spacial score (nSPS) is 11.0. The van der Waals surface area contributed by atoms with Gasteiger partial charge >= 0.3 is 0 Å². The van der Waals surface area contributed by atoms with Gasteiger partial charge in [0.2, 0.25) is 0 Å². The van der Waals surface area contributed by atoms with Gasteiger partial charge in [0.1, 0.15) is 0 Å². The fraction of sp³-hybridized carbons (Fsp3) is 0.143. The van der Waals surface area contributed by atoms with Crippen LogP contribution in [0.3, 0.4) is 0 Å². The van der Waals surface area contributed by atoms with Gasteiger partial charge in [0, 0.05) is 43.1 Å². The third-order valence-electron chi connectivity index (χ3n) is 4.47. The van der Waals surface area contributed by atoms with Crippen molar-refractivity contribution in [1.82, 2.24) is 14.3 Å². The molecule has 2 aromatic carbocycles. The van der Waals surface area contributed by atoms with Crippen LogP contribution in [0.1, 0.15) is 10.4 Å². The van der Waals surface area contributed by atoms with E-state index in [-0.39, 0.29) is 5.91 Å². The molecule has 6 heteroatoms. The average molecular weight is 360 g/mol. The summed E-state index contributed by atoms with van der Waals surface area (Å²) in [5.41, 5.74) is 3.18. The first kappa shape index (κ1) is 17.1.